The molecular weight excluding hydrogens is 358 g/mol. The highest BCUT2D eigenvalue weighted by atomic mass is 32.1. The van der Waals surface area contributed by atoms with E-state index in [0.717, 1.165) is 50.7 Å². The minimum atomic E-state index is -0.0748. The van der Waals surface area contributed by atoms with Crippen molar-refractivity contribution < 1.29 is 4.74 Å². The summed E-state index contributed by atoms with van der Waals surface area (Å²) in [5.41, 5.74) is 1.14. The first-order valence-corrected chi connectivity index (χ1v) is 11.1. The molecule has 2 heterocycles. The van der Waals surface area contributed by atoms with E-state index in [-0.39, 0.29) is 11.0 Å². The van der Waals surface area contributed by atoms with Crippen molar-refractivity contribution in [3.63, 3.8) is 0 Å². The van der Waals surface area contributed by atoms with E-state index in [1.165, 1.54) is 18.0 Å². The summed E-state index contributed by atoms with van der Waals surface area (Å²) < 4.78 is 5.73. The smallest absolute Gasteiger partial charge is 0.191 e. The van der Waals surface area contributed by atoms with Gasteiger partial charge in [0.1, 0.15) is 0 Å². The van der Waals surface area contributed by atoms with Crippen molar-refractivity contribution in [2.45, 2.75) is 65.0 Å². The van der Waals surface area contributed by atoms with Gasteiger partial charge in [-0.1, -0.05) is 13.8 Å². The fourth-order valence-electron chi connectivity index (χ4n) is 3.96. The van der Waals surface area contributed by atoms with Crippen LogP contribution in [0.5, 0.6) is 0 Å². The van der Waals surface area contributed by atoms with Gasteiger partial charge < -0.3 is 20.3 Å². The van der Waals surface area contributed by atoms with Gasteiger partial charge in [-0.05, 0) is 33.1 Å². The largest absolute Gasteiger partial charge is 0.378 e. The van der Waals surface area contributed by atoms with Gasteiger partial charge in [0, 0.05) is 56.5 Å². The standard InChI is InChI=1S/C20H35N5OS/c1-6-21-17(24-16-13-20(4,26-5)19(16,2)3)22-10-9-15-14-27-18(23-15)25-11-7-8-12-25/h14,16H,6-13H2,1-5H3,(H2,21,22,24). The summed E-state index contributed by atoms with van der Waals surface area (Å²) in [5.74, 6) is 0.892. The molecule has 6 nitrogen and oxygen atoms in total. The van der Waals surface area contributed by atoms with Gasteiger partial charge in [-0.2, -0.15) is 0 Å². The van der Waals surface area contributed by atoms with E-state index in [2.05, 4.69) is 48.6 Å². The third-order valence-corrected chi connectivity index (χ3v) is 7.44. The number of hydrogen-bond acceptors (Lipinski definition) is 5. The molecule has 0 aromatic carbocycles. The molecule has 2 N–H and O–H groups in total. The second-order valence-corrected chi connectivity index (χ2v) is 9.22. The molecule has 1 aromatic heterocycles. The molecule has 2 aliphatic rings. The third-order valence-electron chi connectivity index (χ3n) is 6.49. The van der Waals surface area contributed by atoms with E-state index < -0.39 is 0 Å². The number of rotatable bonds is 7. The predicted octanol–water partition coefficient (Wildman–Crippen LogP) is 3.04. The van der Waals surface area contributed by atoms with Crippen LogP contribution in [0.3, 0.4) is 0 Å². The van der Waals surface area contributed by atoms with E-state index in [9.17, 15) is 0 Å². The predicted molar refractivity (Wildman–Crippen MR) is 114 cm³/mol. The number of ether oxygens (including phenoxy) is 1. The average Bonchev–Trinajstić information content (AvgIpc) is 3.32. The summed E-state index contributed by atoms with van der Waals surface area (Å²) in [5, 5.41) is 10.3. The maximum Gasteiger partial charge on any atom is 0.191 e. The Bertz CT molecular complexity index is 653. The van der Waals surface area contributed by atoms with E-state index >= 15 is 0 Å². The highest BCUT2D eigenvalue weighted by molar-refractivity contribution is 7.13. The molecule has 27 heavy (non-hydrogen) atoms. The van der Waals surface area contributed by atoms with Gasteiger partial charge in [-0.3, -0.25) is 4.99 Å². The Hall–Kier alpha value is -1.34. The van der Waals surface area contributed by atoms with Crippen molar-refractivity contribution in [3.8, 4) is 0 Å². The van der Waals surface area contributed by atoms with Crippen LogP contribution in [0, 0.1) is 5.41 Å². The Kier molecular flexibility index (Phi) is 6.31. The van der Waals surface area contributed by atoms with Crippen LogP contribution in [0.2, 0.25) is 0 Å². The minimum absolute atomic E-state index is 0.0669. The van der Waals surface area contributed by atoms with Gasteiger partial charge in [-0.15, -0.1) is 11.3 Å². The number of aliphatic imine (C=N–C) groups is 1. The average molecular weight is 394 g/mol. The zero-order chi connectivity index (χ0) is 19.5. The number of methoxy groups -OCH3 is 1. The van der Waals surface area contributed by atoms with Crippen molar-refractivity contribution in [3.05, 3.63) is 11.1 Å². The molecule has 0 radical (unpaired) electrons. The number of hydrogen-bond donors (Lipinski definition) is 2. The molecular formula is C20H35N5OS. The van der Waals surface area contributed by atoms with E-state index in [1.807, 2.05) is 7.11 Å². The van der Waals surface area contributed by atoms with Crippen LogP contribution in [0.25, 0.3) is 0 Å². The SMILES string of the molecule is CCNC(=NCCc1csc(N2CCCC2)n1)NC1CC(C)(OC)C1(C)C. The van der Waals surface area contributed by atoms with Gasteiger partial charge in [-0.25, -0.2) is 4.98 Å². The number of aromatic nitrogens is 1. The lowest BCUT2D eigenvalue weighted by Gasteiger charge is -2.59. The number of nitrogens with zero attached hydrogens (tertiary/aromatic N) is 3. The topological polar surface area (TPSA) is 61.8 Å². The number of nitrogens with one attached hydrogen (secondary N) is 2. The van der Waals surface area contributed by atoms with Crippen molar-refractivity contribution in [1.29, 1.82) is 0 Å². The second kappa shape index (κ2) is 8.35. The fourth-order valence-corrected chi connectivity index (χ4v) is 4.87. The summed E-state index contributed by atoms with van der Waals surface area (Å²) in [4.78, 5) is 12.0. The Morgan fingerprint density at radius 3 is 2.74 bits per heavy atom. The zero-order valence-corrected chi connectivity index (χ0v) is 18.3. The fraction of sp³-hybridized carbons (Fsp3) is 0.800. The lowest BCUT2D eigenvalue weighted by atomic mass is 9.56. The van der Waals surface area contributed by atoms with Gasteiger partial charge in [0.05, 0.1) is 11.3 Å². The monoisotopic (exact) mass is 393 g/mol. The molecule has 0 bridgehead atoms. The molecule has 0 spiro atoms. The maximum absolute atomic E-state index is 5.73. The minimum Gasteiger partial charge on any atom is -0.378 e. The lowest BCUT2D eigenvalue weighted by molar-refractivity contribution is -0.176. The third kappa shape index (κ3) is 4.24. The van der Waals surface area contributed by atoms with Crippen molar-refractivity contribution in [2.24, 2.45) is 10.4 Å². The molecule has 2 fully saturated rings. The van der Waals surface area contributed by atoms with Crippen LogP contribution in [0.4, 0.5) is 5.13 Å². The highest BCUT2D eigenvalue weighted by Crippen LogP contribution is 2.51. The Balaban J connectivity index is 1.53. The Morgan fingerprint density at radius 1 is 1.37 bits per heavy atom. The first kappa shape index (κ1) is 20.4. The Labute approximate surface area is 167 Å². The highest BCUT2D eigenvalue weighted by Gasteiger charge is 2.58. The van der Waals surface area contributed by atoms with Crippen LogP contribution in [-0.2, 0) is 11.2 Å². The van der Waals surface area contributed by atoms with Gasteiger partial charge in [0.2, 0.25) is 0 Å². The zero-order valence-electron chi connectivity index (χ0n) is 17.5. The molecule has 1 aliphatic carbocycles. The molecule has 1 saturated carbocycles. The number of thiazole rings is 1. The molecule has 3 rings (SSSR count). The summed E-state index contributed by atoms with van der Waals surface area (Å²) in [6, 6.07) is 0.362. The molecule has 0 amide bonds. The Morgan fingerprint density at radius 2 is 2.11 bits per heavy atom. The summed E-state index contributed by atoms with van der Waals surface area (Å²) in [6.07, 6.45) is 4.45. The van der Waals surface area contributed by atoms with Crippen LogP contribution in [-0.4, -0.2) is 55.9 Å². The van der Waals surface area contributed by atoms with Gasteiger partial charge in [0.15, 0.2) is 11.1 Å². The number of guanidine groups is 1. The molecule has 152 valence electrons. The van der Waals surface area contributed by atoms with Crippen molar-refractivity contribution in [2.75, 3.05) is 38.2 Å². The first-order chi connectivity index (χ1) is 12.9. The van der Waals surface area contributed by atoms with E-state index in [4.69, 9.17) is 14.7 Å². The quantitative estimate of drug-likeness (QED) is 0.551. The summed E-state index contributed by atoms with van der Waals surface area (Å²) in [7, 11) is 1.81. The first-order valence-electron chi connectivity index (χ1n) is 10.2. The van der Waals surface area contributed by atoms with Crippen molar-refractivity contribution >= 4 is 22.4 Å². The molecule has 2 atom stereocenters. The molecule has 1 saturated heterocycles. The second-order valence-electron chi connectivity index (χ2n) is 8.38. The van der Waals surface area contributed by atoms with Crippen LogP contribution < -0.4 is 15.5 Å². The summed E-state index contributed by atoms with van der Waals surface area (Å²) in [6.45, 7) is 12.7. The molecule has 7 heteroatoms. The molecule has 1 aliphatic heterocycles. The van der Waals surface area contributed by atoms with Crippen LogP contribution in [0.15, 0.2) is 10.4 Å². The van der Waals surface area contributed by atoms with Crippen LogP contribution >= 0.6 is 11.3 Å². The lowest BCUT2D eigenvalue weighted by Crippen LogP contribution is -2.69. The number of anilines is 1. The van der Waals surface area contributed by atoms with Gasteiger partial charge in [0.25, 0.3) is 0 Å². The van der Waals surface area contributed by atoms with E-state index in [1.54, 1.807) is 11.3 Å². The van der Waals surface area contributed by atoms with Crippen LogP contribution in [0.1, 0.15) is 52.7 Å². The van der Waals surface area contributed by atoms with E-state index in [0.29, 0.717) is 6.04 Å². The van der Waals surface area contributed by atoms with Crippen molar-refractivity contribution in [1.82, 2.24) is 15.6 Å². The molecule has 2 unspecified atom stereocenters. The molecule has 1 aromatic rings. The van der Waals surface area contributed by atoms with Gasteiger partial charge >= 0.3 is 0 Å². The maximum atomic E-state index is 5.73. The normalized spacial score (nSPS) is 27.5. The summed E-state index contributed by atoms with van der Waals surface area (Å²) >= 11 is 1.76.